The summed E-state index contributed by atoms with van der Waals surface area (Å²) >= 11 is 0. The van der Waals surface area contributed by atoms with Gasteiger partial charge in [-0.1, -0.05) is 12.1 Å². The standard InChI is InChI=1S/C14H15NO5/c1-14(19-8-11(16)15(2)3)12(17)9-6-4-5-7-10(9)20-13(14)18/h4-7H,8H2,1-3H3. The number of rotatable bonds is 3. The fourth-order valence-corrected chi connectivity index (χ4v) is 1.75. The summed E-state index contributed by atoms with van der Waals surface area (Å²) in [6.45, 7) is 0.947. The Hall–Kier alpha value is -2.21. The van der Waals surface area contributed by atoms with Crippen LogP contribution >= 0.6 is 0 Å². The van der Waals surface area contributed by atoms with E-state index in [0.29, 0.717) is 0 Å². The lowest BCUT2D eigenvalue weighted by atomic mass is 9.91. The van der Waals surface area contributed by atoms with Crippen LogP contribution in [0.4, 0.5) is 0 Å². The van der Waals surface area contributed by atoms with E-state index < -0.39 is 17.4 Å². The molecule has 0 spiro atoms. The molecule has 1 aromatic carbocycles. The average molecular weight is 277 g/mol. The van der Waals surface area contributed by atoms with Gasteiger partial charge in [-0.3, -0.25) is 9.59 Å². The van der Waals surface area contributed by atoms with E-state index in [1.54, 1.807) is 32.3 Å². The smallest absolute Gasteiger partial charge is 0.351 e. The maximum Gasteiger partial charge on any atom is 0.351 e. The van der Waals surface area contributed by atoms with Crippen LogP contribution in [0.15, 0.2) is 24.3 Å². The number of nitrogens with zero attached hydrogens (tertiary/aromatic N) is 1. The molecule has 0 aliphatic carbocycles. The number of carbonyl (C=O) groups excluding carboxylic acids is 3. The van der Waals surface area contributed by atoms with Crippen LogP contribution in [0.1, 0.15) is 17.3 Å². The highest BCUT2D eigenvalue weighted by molar-refractivity contribution is 6.19. The molecule has 0 saturated heterocycles. The Morgan fingerprint density at radius 2 is 1.95 bits per heavy atom. The molecule has 106 valence electrons. The van der Waals surface area contributed by atoms with E-state index in [0.717, 1.165) is 0 Å². The maximum absolute atomic E-state index is 12.4. The van der Waals surface area contributed by atoms with Gasteiger partial charge in [0, 0.05) is 14.1 Å². The molecule has 1 heterocycles. The molecule has 1 amide bonds. The average Bonchev–Trinajstić information content (AvgIpc) is 2.42. The van der Waals surface area contributed by atoms with Crippen molar-refractivity contribution < 1.29 is 23.9 Å². The normalized spacial score (nSPS) is 21.1. The van der Waals surface area contributed by atoms with Crippen LogP contribution in [0.25, 0.3) is 0 Å². The highest BCUT2D eigenvalue weighted by Crippen LogP contribution is 2.32. The predicted octanol–water partition coefficient (Wildman–Crippen LogP) is 0.652. The molecular formula is C14H15NO5. The molecule has 1 aromatic rings. The van der Waals surface area contributed by atoms with Gasteiger partial charge < -0.3 is 14.4 Å². The van der Waals surface area contributed by atoms with Crippen molar-refractivity contribution in [3.63, 3.8) is 0 Å². The summed E-state index contributed by atoms with van der Waals surface area (Å²) in [5, 5.41) is 0. The summed E-state index contributed by atoms with van der Waals surface area (Å²) in [4.78, 5) is 37.2. The fourth-order valence-electron chi connectivity index (χ4n) is 1.75. The Kier molecular flexibility index (Phi) is 3.59. The minimum Gasteiger partial charge on any atom is -0.423 e. The summed E-state index contributed by atoms with van der Waals surface area (Å²) in [7, 11) is 3.12. The minimum atomic E-state index is -1.79. The first-order valence-corrected chi connectivity index (χ1v) is 6.06. The third-order valence-electron chi connectivity index (χ3n) is 3.14. The van der Waals surface area contributed by atoms with E-state index in [9.17, 15) is 14.4 Å². The lowest BCUT2D eigenvalue weighted by Gasteiger charge is -2.30. The van der Waals surface area contributed by atoms with Crippen LogP contribution in [0.3, 0.4) is 0 Å². The van der Waals surface area contributed by atoms with Crippen molar-refractivity contribution >= 4 is 17.7 Å². The number of ketones is 1. The van der Waals surface area contributed by atoms with Crippen molar-refractivity contribution in [1.29, 1.82) is 0 Å². The molecule has 1 unspecified atom stereocenters. The van der Waals surface area contributed by atoms with Crippen LogP contribution in [0.2, 0.25) is 0 Å². The summed E-state index contributed by atoms with van der Waals surface area (Å²) < 4.78 is 10.4. The van der Waals surface area contributed by atoms with Crippen LogP contribution in [-0.4, -0.2) is 48.9 Å². The van der Waals surface area contributed by atoms with Crippen LogP contribution in [0, 0.1) is 0 Å². The number of Topliss-reactive ketones (excluding diaryl/α,β-unsaturated/α-hetero) is 1. The Bertz CT molecular complexity index is 581. The molecule has 1 aliphatic rings. The van der Waals surface area contributed by atoms with Gasteiger partial charge in [0.15, 0.2) is 0 Å². The fraction of sp³-hybridized carbons (Fsp3) is 0.357. The number of carbonyl (C=O) groups is 3. The highest BCUT2D eigenvalue weighted by atomic mass is 16.6. The maximum atomic E-state index is 12.4. The second-order valence-corrected chi connectivity index (χ2v) is 4.82. The number of benzene rings is 1. The molecule has 0 bridgehead atoms. The molecule has 6 heteroatoms. The number of fused-ring (bicyclic) bond motifs is 1. The van der Waals surface area contributed by atoms with E-state index in [-0.39, 0.29) is 23.8 Å². The molecule has 1 atom stereocenters. The van der Waals surface area contributed by atoms with Crippen molar-refractivity contribution in [3.8, 4) is 5.75 Å². The summed E-state index contributed by atoms with van der Waals surface area (Å²) in [5.74, 6) is -1.45. The van der Waals surface area contributed by atoms with Crippen molar-refractivity contribution in [2.45, 2.75) is 12.5 Å². The molecule has 2 rings (SSSR count). The predicted molar refractivity (Wildman–Crippen MR) is 69.5 cm³/mol. The lowest BCUT2D eigenvalue weighted by molar-refractivity contribution is -0.159. The Morgan fingerprint density at radius 1 is 1.30 bits per heavy atom. The van der Waals surface area contributed by atoms with Gasteiger partial charge >= 0.3 is 5.97 Å². The summed E-state index contributed by atoms with van der Waals surface area (Å²) in [6.07, 6.45) is 0. The van der Waals surface area contributed by atoms with E-state index in [1.165, 1.54) is 17.9 Å². The zero-order chi connectivity index (χ0) is 14.9. The SMILES string of the molecule is CN(C)C(=O)COC1(C)C(=O)Oc2ccccc2C1=O. The molecule has 0 aromatic heterocycles. The van der Waals surface area contributed by atoms with E-state index >= 15 is 0 Å². The van der Waals surface area contributed by atoms with Gasteiger partial charge in [-0.15, -0.1) is 0 Å². The van der Waals surface area contributed by atoms with Gasteiger partial charge in [-0.2, -0.15) is 0 Å². The number of hydrogen-bond acceptors (Lipinski definition) is 5. The Balaban J connectivity index is 2.26. The van der Waals surface area contributed by atoms with Crippen LogP contribution < -0.4 is 4.74 Å². The van der Waals surface area contributed by atoms with Crippen molar-refractivity contribution in [1.82, 2.24) is 4.90 Å². The minimum absolute atomic E-state index is 0.211. The zero-order valence-corrected chi connectivity index (χ0v) is 11.5. The number of hydrogen-bond donors (Lipinski definition) is 0. The van der Waals surface area contributed by atoms with Gasteiger partial charge in [0.2, 0.25) is 17.3 Å². The molecule has 0 radical (unpaired) electrons. The van der Waals surface area contributed by atoms with Gasteiger partial charge in [-0.25, -0.2) is 4.79 Å². The molecule has 6 nitrogen and oxygen atoms in total. The first kappa shape index (κ1) is 14.2. The van der Waals surface area contributed by atoms with Gasteiger partial charge in [-0.05, 0) is 19.1 Å². The third-order valence-corrected chi connectivity index (χ3v) is 3.14. The van der Waals surface area contributed by atoms with E-state index in [1.807, 2.05) is 0 Å². The molecule has 0 N–H and O–H groups in total. The quantitative estimate of drug-likeness (QED) is 0.461. The van der Waals surface area contributed by atoms with Gasteiger partial charge in [0.05, 0.1) is 5.56 Å². The van der Waals surface area contributed by atoms with Crippen molar-refractivity contribution in [3.05, 3.63) is 29.8 Å². The largest absolute Gasteiger partial charge is 0.423 e. The molecule has 1 aliphatic heterocycles. The molecule has 20 heavy (non-hydrogen) atoms. The number of esters is 1. The summed E-state index contributed by atoms with van der Waals surface area (Å²) in [6, 6.07) is 6.43. The van der Waals surface area contributed by atoms with E-state index in [4.69, 9.17) is 9.47 Å². The monoisotopic (exact) mass is 277 g/mol. The van der Waals surface area contributed by atoms with Gasteiger partial charge in [0.25, 0.3) is 0 Å². The Labute approximate surface area is 116 Å². The molecular weight excluding hydrogens is 262 g/mol. The second-order valence-electron chi connectivity index (χ2n) is 4.82. The van der Waals surface area contributed by atoms with Gasteiger partial charge in [0.1, 0.15) is 12.4 Å². The number of ether oxygens (including phenoxy) is 2. The molecule has 0 saturated carbocycles. The number of amides is 1. The summed E-state index contributed by atoms with van der Waals surface area (Å²) in [5.41, 5.74) is -1.52. The highest BCUT2D eigenvalue weighted by Gasteiger charge is 2.49. The number of likely N-dealkylation sites (N-methyl/N-ethyl adjacent to an activating group) is 1. The first-order chi connectivity index (χ1) is 9.36. The van der Waals surface area contributed by atoms with Crippen molar-refractivity contribution in [2.24, 2.45) is 0 Å². The molecule has 0 fully saturated rings. The second kappa shape index (κ2) is 5.05. The first-order valence-electron chi connectivity index (χ1n) is 6.06. The topological polar surface area (TPSA) is 72.9 Å². The van der Waals surface area contributed by atoms with E-state index in [2.05, 4.69) is 0 Å². The van der Waals surface area contributed by atoms with Crippen molar-refractivity contribution in [2.75, 3.05) is 20.7 Å². The third kappa shape index (κ3) is 2.30. The van der Waals surface area contributed by atoms with Crippen LogP contribution in [0.5, 0.6) is 5.75 Å². The lowest BCUT2D eigenvalue weighted by Crippen LogP contribution is -2.53. The zero-order valence-electron chi connectivity index (χ0n) is 11.5. The van der Waals surface area contributed by atoms with Crippen LogP contribution in [-0.2, 0) is 14.3 Å². The number of para-hydroxylation sites is 1. The Morgan fingerprint density at radius 3 is 2.60 bits per heavy atom.